The molecule has 0 radical (unpaired) electrons. The number of hydrogen-bond donors (Lipinski definition) is 1. The Labute approximate surface area is 129 Å². The van der Waals surface area contributed by atoms with E-state index < -0.39 is 6.61 Å². The third-order valence-electron chi connectivity index (χ3n) is 4.09. The van der Waals surface area contributed by atoms with Gasteiger partial charge in [0.25, 0.3) is 0 Å². The van der Waals surface area contributed by atoms with Gasteiger partial charge in [-0.2, -0.15) is 8.78 Å². The second-order valence-corrected chi connectivity index (χ2v) is 6.87. The normalized spacial score (nSPS) is 21.9. The first-order valence-corrected chi connectivity index (χ1v) is 7.74. The number of alkyl halides is 2. The highest BCUT2D eigenvalue weighted by Crippen LogP contribution is 2.35. The van der Waals surface area contributed by atoms with Gasteiger partial charge in [-0.3, -0.25) is 0 Å². The van der Waals surface area contributed by atoms with Crippen LogP contribution in [0.15, 0.2) is 18.2 Å². The summed E-state index contributed by atoms with van der Waals surface area (Å²) in [5, 5.41) is 3.66. The highest BCUT2D eigenvalue weighted by atomic mass is 35.5. The lowest BCUT2D eigenvalue weighted by Crippen LogP contribution is -2.19. The quantitative estimate of drug-likeness (QED) is 0.718. The molecule has 21 heavy (non-hydrogen) atoms. The van der Waals surface area contributed by atoms with Gasteiger partial charge in [0.15, 0.2) is 0 Å². The number of anilines is 1. The van der Waals surface area contributed by atoms with Crippen LogP contribution in [0.25, 0.3) is 0 Å². The lowest BCUT2D eigenvalue weighted by Gasteiger charge is -2.22. The predicted octanol–water partition coefficient (Wildman–Crippen LogP) is 5.71. The summed E-state index contributed by atoms with van der Waals surface area (Å²) in [5.74, 6) is 0.0132. The van der Waals surface area contributed by atoms with E-state index >= 15 is 0 Å². The number of benzene rings is 1. The molecule has 0 bridgehead atoms. The summed E-state index contributed by atoms with van der Waals surface area (Å²) in [7, 11) is 0. The average Bonchev–Trinajstić information content (AvgIpc) is 2.54. The molecule has 0 spiro atoms. The van der Waals surface area contributed by atoms with Crippen molar-refractivity contribution in [1.82, 2.24) is 0 Å². The first-order valence-electron chi connectivity index (χ1n) is 7.37. The van der Waals surface area contributed by atoms with Crippen molar-refractivity contribution in [1.29, 1.82) is 0 Å². The zero-order chi connectivity index (χ0) is 15.5. The minimum absolute atomic E-state index is 0.0132. The smallest absolute Gasteiger partial charge is 0.387 e. The fraction of sp³-hybridized carbons (Fsp3) is 0.625. The molecule has 1 atom stereocenters. The fourth-order valence-corrected chi connectivity index (χ4v) is 3.05. The summed E-state index contributed by atoms with van der Waals surface area (Å²) in [6.45, 7) is 1.76. The molecule has 1 aromatic rings. The Balaban J connectivity index is 1.98. The van der Waals surface area contributed by atoms with Crippen LogP contribution in [0.3, 0.4) is 0 Å². The van der Waals surface area contributed by atoms with Gasteiger partial charge in [-0.05, 0) is 49.3 Å². The number of ether oxygens (including phenoxy) is 1. The second-order valence-electron chi connectivity index (χ2n) is 6.46. The van der Waals surface area contributed by atoms with Crippen molar-refractivity contribution in [2.45, 2.75) is 58.6 Å². The third-order valence-corrected chi connectivity index (χ3v) is 4.39. The van der Waals surface area contributed by atoms with E-state index in [1.807, 2.05) is 0 Å². The van der Waals surface area contributed by atoms with Crippen LogP contribution in [0.4, 0.5) is 14.5 Å². The number of halogens is 3. The van der Waals surface area contributed by atoms with E-state index in [0.717, 1.165) is 18.5 Å². The van der Waals surface area contributed by atoms with Gasteiger partial charge in [-0.1, -0.05) is 31.9 Å². The topological polar surface area (TPSA) is 21.3 Å². The Bertz CT molecular complexity index is 479. The van der Waals surface area contributed by atoms with E-state index in [2.05, 4.69) is 23.9 Å². The Morgan fingerprint density at radius 3 is 2.71 bits per heavy atom. The third kappa shape index (κ3) is 5.03. The van der Waals surface area contributed by atoms with Crippen molar-refractivity contribution in [2.75, 3.05) is 5.32 Å². The molecule has 2 nitrogen and oxygen atoms in total. The first kappa shape index (κ1) is 16.3. The standard InChI is InChI=1S/C16H22ClF2NO/c1-16(2)8-3-4-11(7-9-16)20-12-5-6-14(13(17)10-12)21-15(18)19/h5-6,10-11,15,20H,3-4,7-9H2,1-2H3. The number of hydrogen-bond acceptors (Lipinski definition) is 2. The zero-order valence-electron chi connectivity index (χ0n) is 12.5. The molecule has 0 aromatic heterocycles. The molecule has 1 N–H and O–H groups in total. The van der Waals surface area contributed by atoms with Crippen LogP contribution < -0.4 is 10.1 Å². The van der Waals surface area contributed by atoms with Gasteiger partial charge in [0.1, 0.15) is 5.75 Å². The van der Waals surface area contributed by atoms with E-state index in [9.17, 15) is 8.78 Å². The molecule has 1 saturated carbocycles. The molecule has 1 unspecified atom stereocenters. The maximum absolute atomic E-state index is 12.2. The highest BCUT2D eigenvalue weighted by Gasteiger charge is 2.24. The van der Waals surface area contributed by atoms with Crippen LogP contribution >= 0.6 is 11.6 Å². The molecule has 1 fully saturated rings. The second kappa shape index (κ2) is 6.82. The Morgan fingerprint density at radius 1 is 1.29 bits per heavy atom. The van der Waals surface area contributed by atoms with Gasteiger partial charge in [0, 0.05) is 11.7 Å². The maximum atomic E-state index is 12.2. The van der Waals surface area contributed by atoms with Crippen molar-refractivity contribution in [3.63, 3.8) is 0 Å². The Kier molecular flexibility index (Phi) is 5.31. The van der Waals surface area contributed by atoms with Crippen LogP contribution in [0.5, 0.6) is 5.75 Å². The Morgan fingerprint density at radius 2 is 2.05 bits per heavy atom. The first-order chi connectivity index (χ1) is 9.85. The summed E-state index contributed by atoms with van der Waals surface area (Å²) >= 11 is 5.97. The van der Waals surface area contributed by atoms with Gasteiger partial charge in [0.05, 0.1) is 5.02 Å². The van der Waals surface area contributed by atoms with Crippen LogP contribution in [0.1, 0.15) is 46.0 Å². The Hall–Kier alpha value is -1.03. The molecule has 1 aliphatic rings. The van der Waals surface area contributed by atoms with Gasteiger partial charge in [-0.25, -0.2) is 0 Å². The van der Waals surface area contributed by atoms with E-state index in [-0.39, 0.29) is 10.8 Å². The summed E-state index contributed by atoms with van der Waals surface area (Å²) in [5.41, 5.74) is 1.26. The summed E-state index contributed by atoms with van der Waals surface area (Å²) < 4.78 is 28.7. The molecule has 0 aliphatic heterocycles. The fourth-order valence-electron chi connectivity index (χ4n) is 2.82. The van der Waals surface area contributed by atoms with Gasteiger partial charge in [0.2, 0.25) is 0 Å². The van der Waals surface area contributed by atoms with E-state index in [4.69, 9.17) is 11.6 Å². The summed E-state index contributed by atoms with van der Waals surface area (Å²) in [4.78, 5) is 0. The monoisotopic (exact) mass is 317 g/mol. The molecule has 2 rings (SSSR count). The maximum Gasteiger partial charge on any atom is 0.387 e. The van der Waals surface area contributed by atoms with Crippen molar-refractivity contribution < 1.29 is 13.5 Å². The molecular weight excluding hydrogens is 296 g/mol. The summed E-state index contributed by atoms with van der Waals surface area (Å²) in [6.07, 6.45) is 5.86. The average molecular weight is 318 g/mol. The highest BCUT2D eigenvalue weighted by molar-refractivity contribution is 6.32. The lowest BCUT2D eigenvalue weighted by molar-refractivity contribution is -0.0497. The van der Waals surface area contributed by atoms with E-state index in [0.29, 0.717) is 11.5 Å². The molecule has 5 heteroatoms. The molecule has 1 aromatic carbocycles. The molecule has 1 aliphatic carbocycles. The van der Waals surface area contributed by atoms with E-state index in [1.165, 1.54) is 25.3 Å². The molecule has 0 amide bonds. The van der Waals surface area contributed by atoms with Crippen LogP contribution in [0.2, 0.25) is 5.02 Å². The van der Waals surface area contributed by atoms with Gasteiger partial charge in [-0.15, -0.1) is 0 Å². The number of nitrogens with one attached hydrogen (secondary N) is 1. The molecular formula is C16H22ClF2NO. The van der Waals surface area contributed by atoms with Crippen molar-refractivity contribution in [3.05, 3.63) is 23.2 Å². The van der Waals surface area contributed by atoms with Crippen LogP contribution in [0, 0.1) is 5.41 Å². The van der Waals surface area contributed by atoms with Crippen LogP contribution in [-0.2, 0) is 0 Å². The molecule has 0 saturated heterocycles. The van der Waals surface area contributed by atoms with E-state index in [1.54, 1.807) is 12.1 Å². The lowest BCUT2D eigenvalue weighted by atomic mass is 9.85. The van der Waals surface area contributed by atoms with Gasteiger partial charge >= 0.3 is 6.61 Å². The summed E-state index contributed by atoms with van der Waals surface area (Å²) in [6, 6.07) is 5.27. The molecule has 0 heterocycles. The minimum atomic E-state index is -2.86. The van der Waals surface area contributed by atoms with Gasteiger partial charge < -0.3 is 10.1 Å². The largest absolute Gasteiger partial charge is 0.433 e. The zero-order valence-corrected chi connectivity index (χ0v) is 13.2. The van der Waals surface area contributed by atoms with Crippen molar-refractivity contribution >= 4 is 17.3 Å². The van der Waals surface area contributed by atoms with Crippen LogP contribution in [-0.4, -0.2) is 12.7 Å². The SMILES string of the molecule is CC1(C)CCCC(Nc2ccc(OC(F)F)c(Cl)c2)CC1. The minimum Gasteiger partial charge on any atom is -0.433 e. The van der Waals surface area contributed by atoms with Crippen molar-refractivity contribution in [3.8, 4) is 5.75 Å². The number of rotatable bonds is 4. The predicted molar refractivity (Wildman–Crippen MR) is 82.4 cm³/mol. The molecule has 118 valence electrons. The van der Waals surface area contributed by atoms with Crippen molar-refractivity contribution in [2.24, 2.45) is 5.41 Å².